The molecule has 2 saturated heterocycles. The fourth-order valence-corrected chi connectivity index (χ4v) is 4.13. The van der Waals surface area contributed by atoms with Gasteiger partial charge in [0, 0.05) is 31.4 Å². The lowest BCUT2D eigenvalue weighted by molar-refractivity contribution is 0.386. The molecule has 2 heterocycles. The van der Waals surface area contributed by atoms with Crippen LogP contribution in [-0.2, 0) is 6.42 Å². The van der Waals surface area contributed by atoms with E-state index < -0.39 is 0 Å². The van der Waals surface area contributed by atoms with Crippen molar-refractivity contribution < 1.29 is 0 Å². The molecule has 22 heavy (non-hydrogen) atoms. The smallest absolute Gasteiger partial charge is 0.0457 e. The summed E-state index contributed by atoms with van der Waals surface area (Å²) in [5.74, 6) is 0.869. The maximum absolute atomic E-state index is 2.63. The molecule has 0 bridgehead atoms. The van der Waals surface area contributed by atoms with Crippen LogP contribution in [0.5, 0.6) is 0 Å². The van der Waals surface area contributed by atoms with Gasteiger partial charge < -0.3 is 9.80 Å². The van der Waals surface area contributed by atoms with Gasteiger partial charge in [-0.05, 0) is 49.1 Å². The van der Waals surface area contributed by atoms with Gasteiger partial charge in [-0.1, -0.05) is 42.5 Å². The summed E-state index contributed by atoms with van der Waals surface area (Å²) in [4.78, 5) is 5.10. The summed E-state index contributed by atoms with van der Waals surface area (Å²) in [6.45, 7) is 3.71. The minimum atomic E-state index is 0.727. The second-order valence-electron chi connectivity index (χ2n) is 6.86. The molecule has 2 heteroatoms. The summed E-state index contributed by atoms with van der Waals surface area (Å²) in [6, 6.07) is 20.7. The Hall–Kier alpha value is -1.80. The number of anilines is 1. The zero-order chi connectivity index (χ0) is 14.9. The third-order valence-corrected chi connectivity index (χ3v) is 5.25. The Morgan fingerprint density at radius 3 is 2.41 bits per heavy atom. The first-order valence-electron chi connectivity index (χ1n) is 8.37. The third-order valence-electron chi connectivity index (χ3n) is 5.25. The Morgan fingerprint density at radius 1 is 0.909 bits per heavy atom. The van der Waals surface area contributed by atoms with Gasteiger partial charge in [0.15, 0.2) is 0 Å². The number of likely N-dealkylation sites (tertiary alicyclic amines) is 1. The molecule has 2 nitrogen and oxygen atoms in total. The van der Waals surface area contributed by atoms with Crippen LogP contribution in [0.2, 0.25) is 0 Å². The molecule has 2 atom stereocenters. The zero-order valence-corrected chi connectivity index (χ0v) is 13.3. The topological polar surface area (TPSA) is 6.48 Å². The normalized spacial score (nSPS) is 24.7. The van der Waals surface area contributed by atoms with Crippen molar-refractivity contribution in [2.45, 2.75) is 18.9 Å². The van der Waals surface area contributed by atoms with Crippen molar-refractivity contribution in [1.82, 2.24) is 4.90 Å². The highest BCUT2D eigenvalue weighted by atomic mass is 15.3. The molecule has 0 saturated carbocycles. The van der Waals surface area contributed by atoms with Gasteiger partial charge in [0.05, 0.1) is 0 Å². The average Bonchev–Trinajstić information content (AvgIpc) is 3.08. The van der Waals surface area contributed by atoms with E-state index in [0.29, 0.717) is 0 Å². The van der Waals surface area contributed by atoms with Crippen molar-refractivity contribution in [2.24, 2.45) is 5.92 Å². The number of hydrogen-bond acceptors (Lipinski definition) is 2. The average molecular weight is 292 g/mol. The quantitative estimate of drug-likeness (QED) is 0.855. The van der Waals surface area contributed by atoms with E-state index in [0.717, 1.165) is 18.4 Å². The van der Waals surface area contributed by atoms with Crippen molar-refractivity contribution in [3.8, 4) is 0 Å². The van der Waals surface area contributed by atoms with Crippen molar-refractivity contribution in [3.05, 3.63) is 65.7 Å². The van der Waals surface area contributed by atoms with Crippen LogP contribution in [0.15, 0.2) is 54.6 Å². The zero-order valence-electron chi connectivity index (χ0n) is 13.3. The van der Waals surface area contributed by atoms with E-state index in [1.807, 2.05) is 0 Å². The highest BCUT2D eigenvalue weighted by Gasteiger charge is 2.39. The Morgan fingerprint density at radius 2 is 1.64 bits per heavy atom. The fraction of sp³-hybridized carbons (Fsp3) is 0.400. The van der Waals surface area contributed by atoms with Crippen molar-refractivity contribution in [3.63, 3.8) is 0 Å². The van der Waals surface area contributed by atoms with Crippen LogP contribution in [0.4, 0.5) is 5.69 Å². The Balaban J connectivity index is 1.48. The van der Waals surface area contributed by atoms with E-state index in [9.17, 15) is 0 Å². The number of benzene rings is 2. The summed E-state index contributed by atoms with van der Waals surface area (Å²) in [5.41, 5.74) is 4.18. The molecule has 2 aromatic carbocycles. The first-order chi connectivity index (χ1) is 10.8. The van der Waals surface area contributed by atoms with Crippen LogP contribution in [-0.4, -0.2) is 37.6 Å². The Labute approximate surface area is 133 Å². The molecule has 114 valence electrons. The highest BCUT2D eigenvalue weighted by Crippen LogP contribution is 2.34. The monoisotopic (exact) mass is 292 g/mol. The van der Waals surface area contributed by atoms with Gasteiger partial charge in [-0.2, -0.15) is 0 Å². The minimum Gasteiger partial charge on any atom is -0.367 e. The van der Waals surface area contributed by atoms with Gasteiger partial charge in [0.2, 0.25) is 0 Å². The predicted molar refractivity (Wildman–Crippen MR) is 92.4 cm³/mol. The van der Waals surface area contributed by atoms with E-state index >= 15 is 0 Å². The van der Waals surface area contributed by atoms with Crippen LogP contribution in [0.25, 0.3) is 0 Å². The summed E-state index contributed by atoms with van der Waals surface area (Å²) < 4.78 is 0. The minimum absolute atomic E-state index is 0.727. The van der Waals surface area contributed by atoms with Gasteiger partial charge in [-0.3, -0.25) is 0 Å². The van der Waals surface area contributed by atoms with Gasteiger partial charge in [-0.15, -0.1) is 0 Å². The van der Waals surface area contributed by atoms with Crippen LogP contribution >= 0.6 is 0 Å². The van der Waals surface area contributed by atoms with Crippen molar-refractivity contribution >= 4 is 5.69 Å². The molecule has 0 aromatic heterocycles. The second kappa shape index (κ2) is 5.77. The third kappa shape index (κ3) is 2.64. The summed E-state index contributed by atoms with van der Waals surface area (Å²) in [5, 5.41) is 0. The van der Waals surface area contributed by atoms with Crippen molar-refractivity contribution in [2.75, 3.05) is 31.6 Å². The van der Waals surface area contributed by atoms with Crippen molar-refractivity contribution in [1.29, 1.82) is 0 Å². The number of rotatable bonds is 3. The molecular formula is C20H24N2. The SMILES string of the molecule is CN1C[C@H]2CCN(c3ccc(Cc4ccccc4)cc3)[C@H]2C1. The number of hydrogen-bond donors (Lipinski definition) is 0. The van der Waals surface area contributed by atoms with Gasteiger partial charge >= 0.3 is 0 Å². The van der Waals surface area contributed by atoms with Crippen LogP contribution in [0.3, 0.4) is 0 Å². The molecule has 0 aliphatic carbocycles. The highest BCUT2D eigenvalue weighted by molar-refractivity contribution is 5.50. The Bertz CT molecular complexity index is 620. The maximum atomic E-state index is 2.63. The lowest BCUT2D eigenvalue weighted by Crippen LogP contribution is -2.34. The molecule has 0 spiro atoms. The van der Waals surface area contributed by atoms with Gasteiger partial charge in [0.25, 0.3) is 0 Å². The van der Waals surface area contributed by atoms with Crippen LogP contribution < -0.4 is 4.90 Å². The molecule has 0 radical (unpaired) electrons. The lowest BCUT2D eigenvalue weighted by atomic mass is 10.0. The molecule has 0 N–H and O–H groups in total. The van der Waals surface area contributed by atoms with E-state index in [-0.39, 0.29) is 0 Å². The standard InChI is InChI=1S/C20H24N2/c1-21-14-18-11-12-22(20(18)15-21)19-9-7-17(8-10-19)13-16-5-3-2-4-6-16/h2-10,18,20H,11-15H2,1H3/t18-,20+/m1/s1. The molecule has 0 amide bonds. The maximum Gasteiger partial charge on any atom is 0.0457 e. The second-order valence-corrected chi connectivity index (χ2v) is 6.86. The largest absolute Gasteiger partial charge is 0.367 e. The number of nitrogens with zero attached hydrogens (tertiary/aromatic N) is 2. The van der Waals surface area contributed by atoms with E-state index in [4.69, 9.17) is 0 Å². The molecule has 0 unspecified atom stereocenters. The molecule has 4 rings (SSSR count). The first kappa shape index (κ1) is 13.8. The van der Waals surface area contributed by atoms with Crippen LogP contribution in [0.1, 0.15) is 17.5 Å². The lowest BCUT2D eigenvalue weighted by Gasteiger charge is -2.26. The molecule has 2 aliphatic heterocycles. The van der Waals surface area contributed by atoms with E-state index in [1.54, 1.807) is 0 Å². The van der Waals surface area contributed by atoms with Gasteiger partial charge in [-0.25, -0.2) is 0 Å². The molecule has 2 aliphatic rings. The molecular weight excluding hydrogens is 268 g/mol. The number of likely N-dealkylation sites (N-methyl/N-ethyl adjacent to an activating group) is 1. The summed E-state index contributed by atoms with van der Waals surface area (Å²) in [6.07, 6.45) is 2.37. The predicted octanol–water partition coefficient (Wildman–Crippen LogP) is 3.42. The Kier molecular flexibility index (Phi) is 3.63. The number of fused-ring (bicyclic) bond motifs is 1. The van der Waals surface area contributed by atoms with Crippen LogP contribution in [0, 0.1) is 5.92 Å². The summed E-state index contributed by atoms with van der Waals surface area (Å²) in [7, 11) is 2.25. The fourth-order valence-electron chi connectivity index (χ4n) is 4.13. The molecule has 2 fully saturated rings. The van der Waals surface area contributed by atoms with E-state index in [1.165, 1.54) is 42.9 Å². The van der Waals surface area contributed by atoms with E-state index in [2.05, 4.69) is 71.4 Å². The summed E-state index contributed by atoms with van der Waals surface area (Å²) >= 11 is 0. The molecule has 2 aromatic rings. The first-order valence-corrected chi connectivity index (χ1v) is 8.37. The van der Waals surface area contributed by atoms with Gasteiger partial charge in [0.1, 0.15) is 0 Å².